The summed E-state index contributed by atoms with van der Waals surface area (Å²) in [6.45, 7) is 6.19. The maximum Gasteiger partial charge on any atom is 0.186 e. The Labute approximate surface area is 101 Å². The molecule has 0 amide bonds. The SMILES string of the molecule is C=CC(=O)c1cc(N)ccc1C(=NC)NCC. The van der Waals surface area contributed by atoms with Crippen molar-refractivity contribution in [2.75, 3.05) is 19.3 Å². The van der Waals surface area contributed by atoms with Crippen LogP contribution in [-0.4, -0.2) is 25.2 Å². The molecule has 0 fully saturated rings. The number of rotatable bonds is 4. The lowest BCUT2D eigenvalue weighted by Crippen LogP contribution is -2.26. The molecule has 0 aromatic heterocycles. The number of carbonyl (C=O) groups excluding carboxylic acids is 1. The molecule has 0 aliphatic heterocycles. The van der Waals surface area contributed by atoms with E-state index in [1.54, 1.807) is 25.2 Å². The number of ketones is 1. The number of amidine groups is 1. The Hall–Kier alpha value is -2.10. The monoisotopic (exact) mass is 231 g/mol. The Morgan fingerprint density at radius 1 is 1.53 bits per heavy atom. The Morgan fingerprint density at radius 3 is 2.76 bits per heavy atom. The third kappa shape index (κ3) is 2.93. The Balaban J connectivity index is 3.31. The van der Waals surface area contributed by atoms with E-state index in [-0.39, 0.29) is 5.78 Å². The van der Waals surface area contributed by atoms with Gasteiger partial charge in [0.1, 0.15) is 5.84 Å². The van der Waals surface area contributed by atoms with Gasteiger partial charge in [0.2, 0.25) is 0 Å². The van der Waals surface area contributed by atoms with Gasteiger partial charge in [-0.05, 0) is 31.2 Å². The van der Waals surface area contributed by atoms with Crippen molar-refractivity contribution in [1.82, 2.24) is 5.32 Å². The zero-order valence-electron chi connectivity index (χ0n) is 10.2. The van der Waals surface area contributed by atoms with Crippen molar-refractivity contribution in [3.8, 4) is 0 Å². The highest BCUT2D eigenvalue weighted by Crippen LogP contribution is 2.15. The van der Waals surface area contributed by atoms with E-state index in [4.69, 9.17) is 5.73 Å². The lowest BCUT2D eigenvalue weighted by molar-refractivity contribution is 0.104. The van der Waals surface area contributed by atoms with Crippen molar-refractivity contribution in [3.05, 3.63) is 42.0 Å². The van der Waals surface area contributed by atoms with Crippen LogP contribution in [0.4, 0.5) is 5.69 Å². The second-order valence-electron chi connectivity index (χ2n) is 3.48. The molecular formula is C13H17N3O. The van der Waals surface area contributed by atoms with Crippen molar-refractivity contribution in [1.29, 1.82) is 0 Å². The molecule has 3 N–H and O–H groups in total. The number of nitrogens with one attached hydrogen (secondary N) is 1. The van der Waals surface area contributed by atoms with Crippen LogP contribution in [0, 0.1) is 0 Å². The molecule has 0 aliphatic carbocycles. The number of nitrogens with zero attached hydrogens (tertiary/aromatic N) is 1. The average molecular weight is 231 g/mol. The summed E-state index contributed by atoms with van der Waals surface area (Å²) in [6.07, 6.45) is 1.28. The van der Waals surface area contributed by atoms with Gasteiger partial charge in [-0.1, -0.05) is 6.58 Å². The van der Waals surface area contributed by atoms with Crippen molar-refractivity contribution >= 4 is 17.3 Å². The summed E-state index contributed by atoms with van der Waals surface area (Å²) in [6, 6.07) is 5.18. The second kappa shape index (κ2) is 5.84. The van der Waals surface area contributed by atoms with Crippen LogP contribution in [0.15, 0.2) is 35.8 Å². The summed E-state index contributed by atoms with van der Waals surface area (Å²) >= 11 is 0. The van der Waals surface area contributed by atoms with Gasteiger partial charge in [0.05, 0.1) is 0 Å². The Bertz CT molecular complexity index is 464. The molecule has 1 aromatic rings. The van der Waals surface area contributed by atoms with E-state index in [9.17, 15) is 4.79 Å². The van der Waals surface area contributed by atoms with E-state index in [0.717, 1.165) is 12.1 Å². The molecule has 17 heavy (non-hydrogen) atoms. The number of aliphatic imine (C=N–C) groups is 1. The van der Waals surface area contributed by atoms with Gasteiger partial charge < -0.3 is 11.1 Å². The van der Waals surface area contributed by atoms with Gasteiger partial charge in [0.25, 0.3) is 0 Å². The third-order valence-electron chi connectivity index (χ3n) is 2.32. The van der Waals surface area contributed by atoms with Gasteiger partial charge in [0, 0.05) is 30.4 Å². The van der Waals surface area contributed by atoms with Gasteiger partial charge >= 0.3 is 0 Å². The molecule has 0 saturated carbocycles. The number of benzene rings is 1. The molecule has 1 rings (SSSR count). The lowest BCUT2D eigenvalue weighted by Gasteiger charge is -2.11. The molecule has 0 saturated heterocycles. The molecule has 0 heterocycles. The quantitative estimate of drug-likeness (QED) is 0.272. The summed E-state index contributed by atoms with van der Waals surface area (Å²) < 4.78 is 0. The highest BCUT2D eigenvalue weighted by Gasteiger charge is 2.13. The van der Waals surface area contributed by atoms with Crippen molar-refractivity contribution in [3.63, 3.8) is 0 Å². The molecule has 0 atom stereocenters. The van der Waals surface area contributed by atoms with Crippen LogP contribution in [0.3, 0.4) is 0 Å². The second-order valence-corrected chi connectivity index (χ2v) is 3.48. The molecule has 0 spiro atoms. The van der Waals surface area contributed by atoms with Crippen LogP contribution < -0.4 is 11.1 Å². The fraction of sp³-hybridized carbons (Fsp3) is 0.231. The van der Waals surface area contributed by atoms with Gasteiger partial charge in [-0.2, -0.15) is 0 Å². The predicted molar refractivity (Wildman–Crippen MR) is 71.5 cm³/mol. The minimum atomic E-state index is -0.161. The largest absolute Gasteiger partial charge is 0.399 e. The number of allylic oxidation sites excluding steroid dienone is 1. The zero-order valence-corrected chi connectivity index (χ0v) is 10.2. The fourth-order valence-electron chi connectivity index (χ4n) is 1.54. The number of nitrogen functional groups attached to an aromatic ring is 1. The van der Waals surface area contributed by atoms with Gasteiger partial charge in [-0.25, -0.2) is 0 Å². The van der Waals surface area contributed by atoms with Crippen molar-refractivity contribution in [2.45, 2.75) is 6.92 Å². The number of hydrogen-bond acceptors (Lipinski definition) is 3. The minimum Gasteiger partial charge on any atom is -0.399 e. The fourth-order valence-corrected chi connectivity index (χ4v) is 1.54. The topological polar surface area (TPSA) is 67.5 Å². The van der Waals surface area contributed by atoms with E-state index in [1.165, 1.54) is 6.08 Å². The van der Waals surface area contributed by atoms with E-state index in [0.29, 0.717) is 17.1 Å². The molecule has 0 aliphatic rings. The van der Waals surface area contributed by atoms with Gasteiger partial charge in [-0.15, -0.1) is 0 Å². The Kier molecular flexibility index (Phi) is 4.46. The summed E-state index contributed by atoms with van der Waals surface area (Å²) in [4.78, 5) is 15.9. The van der Waals surface area contributed by atoms with E-state index < -0.39 is 0 Å². The first-order valence-electron chi connectivity index (χ1n) is 5.41. The normalized spacial score (nSPS) is 11.1. The zero-order chi connectivity index (χ0) is 12.8. The number of carbonyl (C=O) groups is 1. The number of nitrogens with two attached hydrogens (primary N) is 1. The highest BCUT2D eigenvalue weighted by atomic mass is 16.1. The molecule has 4 nitrogen and oxygen atoms in total. The van der Waals surface area contributed by atoms with E-state index in [2.05, 4.69) is 16.9 Å². The van der Waals surface area contributed by atoms with Gasteiger partial charge in [0.15, 0.2) is 5.78 Å². The highest BCUT2D eigenvalue weighted by molar-refractivity contribution is 6.14. The van der Waals surface area contributed by atoms with Crippen LogP contribution in [0.1, 0.15) is 22.8 Å². The van der Waals surface area contributed by atoms with Gasteiger partial charge in [-0.3, -0.25) is 9.79 Å². The molecule has 4 heteroatoms. The standard InChI is InChI=1S/C13H17N3O/c1-4-12(17)11-8-9(14)6-7-10(11)13(15-3)16-5-2/h4,6-8H,1,5,14H2,2-3H3,(H,15,16). The third-order valence-corrected chi connectivity index (χ3v) is 2.32. The van der Waals surface area contributed by atoms with Crippen LogP contribution in [-0.2, 0) is 0 Å². The summed E-state index contributed by atoms with van der Waals surface area (Å²) in [5, 5.41) is 3.11. The molecule has 1 aromatic carbocycles. The smallest absolute Gasteiger partial charge is 0.186 e. The van der Waals surface area contributed by atoms with Crippen LogP contribution in [0.5, 0.6) is 0 Å². The average Bonchev–Trinajstić information content (AvgIpc) is 2.35. The number of anilines is 1. The number of hydrogen-bond donors (Lipinski definition) is 2. The van der Waals surface area contributed by atoms with Crippen molar-refractivity contribution < 1.29 is 4.79 Å². The lowest BCUT2D eigenvalue weighted by atomic mass is 10.0. The van der Waals surface area contributed by atoms with Crippen LogP contribution >= 0.6 is 0 Å². The minimum absolute atomic E-state index is 0.161. The van der Waals surface area contributed by atoms with Crippen LogP contribution in [0.2, 0.25) is 0 Å². The molecule has 0 radical (unpaired) electrons. The Morgan fingerprint density at radius 2 is 2.24 bits per heavy atom. The first-order chi connectivity index (χ1) is 8.13. The summed E-state index contributed by atoms with van der Waals surface area (Å²) in [5.74, 6) is 0.518. The van der Waals surface area contributed by atoms with Crippen molar-refractivity contribution in [2.24, 2.45) is 4.99 Å². The maximum atomic E-state index is 11.8. The first kappa shape index (κ1) is 13.0. The van der Waals surface area contributed by atoms with E-state index >= 15 is 0 Å². The maximum absolute atomic E-state index is 11.8. The molecule has 90 valence electrons. The summed E-state index contributed by atoms with van der Waals surface area (Å²) in [5.41, 5.74) is 7.50. The first-order valence-corrected chi connectivity index (χ1v) is 5.41. The van der Waals surface area contributed by atoms with E-state index in [1.807, 2.05) is 6.92 Å². The molecule has 0 bridgehead atoms. The molecular weight excluding hydrogens is 214 g/mol. The predicted octanol–water partition coefficient (Wildman–Crippen LogP) is 1.62. The van der Waals surface area contributed by atoms with Crippen LogP contribution in [0.25, 0.3) is 0 Å². The molecule has 0 unspecified atom stereocenters. The summed E-state index contributed by atoms with van der Waals surface area (Å²) in [7, 11) is 1.68.